The summed E-state index contributed by atoms with van der Waals surface area (Å²) in [6, 6.07) is 8.27. The Balaban J connectivity index is 1.40. The first-order chi connectivity index (χ1) is 16.0. The van der Waals surface area contributed by atoms with Crippen LogP contribution in [0.4, 0.5) is 5.69 Å². The van der Waals surface area contributed by atoms with E-state index in [-0.39, 0.29) is 18.1 Å². The van der Waals surface area contributed by atoms with Gasteiger partial charge in [0.1, 0.15) is 12.2 Å². The lowest BCUT2D eigenvalue weighted by Crippen LogP contribution is -2.39. The van der Waals surface area contributed by atoms with Gasteiger partial charge in [-0.05, 0) is 65.5 Å². The Morgan fingerprint density at radius 2 is 1.91 bits per heavy atom. The van der Waals surface area contributed by atoms with Crippen molar-refractivity contribution in [3.63, 3.8) is 0 Å². The van der Waals surface area contributed by atoms with Crippen molar-refractivity contribution in [2.24, 2.45) is 0 Å². The molecule has 0 saturated carbocycles. The first-order valence-electron chi connectivity index (χ1n) is 10.6. The predicted octanol–water partition coefficient (Wildman–Crippen LogP) is 3.57. The molecule has 0 spiro atoms. The highest BCUT2D eigenvalue weighted by Gasteiger charge is 2.20. The molecule has 5 rings (SSSR count). The molecule has 0 atom stereocenters. The van der Waals surface area contributed by atoms with Gasteiger partial charge in [-0.15, -0.1) is 0 Å². The topological polar surface area (TPSA) is 110 Å². The molecule has 9 nitrogen and oxygen atoms in total. The van der Waals surface area contributed by atoms with Crippen molar-refractivity contribution in [3.8, 4) is 0 Å². The number of nitrogens with one attached hydrogen (secondary N) is 1. The highest BCUT2D eigenvalue weighted by Crippen LogP contribution is 2.22. The smallest absolute Gasteiger partial charge is 0.408 e. The second-order valence-electron chi connectivity index (χ2n) is 7.92. The van der Waals surface area contributed by atoms with Crippen LogP contribution in [0.2, 0.25) is 0 Å². The molecule has 0 radical (unpaired) electrons. The Kier molecular flexibility index (Phi) is 5.67. The Bertz CT molecular complexity index is 1440. The van der Waals surface area contributed by atoms with Crippen molar-refractivity contribution in [2.75, 3.05) is 18.4 Å². The zero-order valence-corrected chi connectivity index (χ0v) is 19.2. The van der Waals surface area contributed by atoms with Crippen molar-refractivity contribution < 1.29 is 14.0 Å². The molecule has 3 aromatic heterocycles. The molecule has 1 saturated heterocycles. The summed E-state index contributed by atoms with van der Waals surface area (Å²) in [4.78, 5) is 48.2. The number of aromatic nitrogens is 3. The summed E-state index contributed by atoms with van der Waals surface area (Å²) in [6.45, 7) is 1.31. The number of amides is 2. The number of piperidine rings is 1. The number of likely N-dealkylation sites (tertiary alicyclic amines) is 1. The molecule has 1 aliphatic heterocycles. The van der Waals surface area contributed by atoms with Crippen LogP contribution in [0, 0.1) is 0 Å². The molecule has 1 aromatic carbocycles. The number of halogens is 1. The molecule has 1 fully saturated rings. The number of carbonyl (C=O) groups is 2. The van der Waals surface area contributed by atoms with Crippen LogP contribution in [0.15, 0.2) is 56.4 Å². The largest absolute Gasteiger partial charge is 0.420 e. The predicted molar refractivity (Wildman–Crippen MR) is 126 cm³/mol. The van der Waals surface area contributed by atoms with E-state index in [2.05, 4.69) is 31.2 Å². The van der Waals surface area contributed by atoms with E-state index in [0.29, 0.717) is 39.9 Å². The summed E-state index contributed by atoms with van der Waals surface area (Å²) < 4.78 is 7.29. The lowest BCUT2D eigenvalue weighted by Gasteiger charge is -2.26. The number of benzene rings is 1. The van der Waals surface area contributed by atoms with E-state index in [0.717, 1.165) is 24.6 Å². The number of hydrogen-bond acceptors (Lipinski definition) is 6. The fraction of sp³-hybridized carbons (Fsp3) is 0.261. The third kappa shape index (κ3) is 4.25. The van der Waals surface area contributed by atoms with Gasteiger partial charge in [0.15, 0.2) is 5.58 Å². The molecule has 33 heavy (non-hydrogen) atoms. The van der Waals surface area contributed by atoms with Gasteiger partial charge in [0, 0.05) is 36.6 Å². The van der Waals surface area contributed by atoms with Gasteiger partial charge in [-0.1, -0.05) is 0 Å². The summed E-state index contributed by atoms with van der Waals surface area (Å²) in [5.74, 6) is -1.12. The molecule has 10 heteroatoms. The second-order valence-corrected chi connectivity index (χ2v) is 8.78. The summed E-state index contributed by atoms with van der Waals surface area (Å²) in [6.07, 6.45) is 6.35. The van der Waals surface area contributed by atoms with Crippen molar-refractivity contribution in [3.05, 3.63) is 63.4 Å². The highest BCUT2D eigenvalue weighted by molar-refractivity contribution is 9.10. The number of carbonyl (C=O) groups excluding carboxylic acids is 2. The Morgan fingerprint density at radius 1 is 1.09 bits per heavy atom. The lowest BCUT2D eigenvalue weighted by molar-refractivity contribution is -0.132. The van der Waals surface area contributed by atoms with Crippen molar-refractivity contribution >= 4 is 55.4 Å². The average Bonchev–Trinajstić information content (AvgIpc) is 3.14. The molecule has 2 amide bonds. The minimum Gasteiger partial charge on any atom is -0.408 e. The number of fused-ring (bicyclic) bond motifs is 2. The zero-order valence-electron chi connectivity index (χ0n) is 17.6. The van der Waals surface area contributed by atoms with Crippen LogP contribution in [-0.4, -0.2) is 44.3 Å². The summed E-state index contributed by atoms with van der Waals surface area (Å²) in [7, 11) is 0. The molecule has 1 aliphatic rings. The molecule has 4 aromatic rings. The monoisotopic (exact) mass is 509 g/mol. The maximum absolute atomic E-state index is 12.8. The molecule has 4 heterocycles. The minimum absolute atomic E-state index is 0.0997. The van der Waals surface area contributed by atoms with E-state index in [4.69, 9.17) is 4.42 Å². The van der Waals surface area contributed by atoms with Gasteiger partial charge in [-0.2, -0.15) is 0 Å². The van der Waals surface area contributed by atoms with E-state index in [1.165, 1.54) is 4.57 Å². The first kappa shape index (κ1) is 21.3. The van der Waals surface area contributed by atoms with Gasteiger partial charge in [0.05, 0.1) is 15.5 Å². The van der Waals surface area contributed by atoms with E-state index >= 15 is 0 Å². The van der Waals surface area contributed by atoms with E-state index in [1.807, 2.05) is 0 Å². The molecule has 168 valence electrons. The fourth-order valence-corrected chi connectivity index (χ4v) is 4.44. The van der Waals surface area contributed by atoms with Crippen molar-refractivity contribution in [1.29, 1.82) is 0 Å². The van der Waals surface area contributed by atoms with Crippen LogP contribution in [0.3, 0.4) is 0 Å². The third-order valence-corrected chi connectivity index (χ3v) is 6.29. The van der Waals surface area contributed by atoms with E-state index < -0.39 is 11.7 Å². The molecule has 0 bridgehead atoms. The summed E-state index contributed by atoms with van der Waals surface area (Å²) >= 11 is 3.40. The average molecular weight is 510 g/mol. The van der Waals surface area contributed by atoms with E-state index in [1.54, 1.807) is 47.6 Å². The molecular weight excluding hydrogens is 490 g/mol. The summed E-state index contributed by atoms with van der Waals surface area (Å²) in [5, 5.41) is 3.61. The van der Waals surface area contributed by atoms with Gasteiger partial charge in [0.25, 0.3) is 5.91 Å². The Hall–Kier alpha value is -3.53. The van der Waals surface area contributed by atoms with Gasteiger partial charge in [-0.25, -0.2) is 9.78 Å². The first-order valence-corrected chi connectivity index (χ1v) is 11.4. The maximum atomic E-state index is 12.8. The minimum atomic E-state index is -0.603. The number of nitrogens with zero attached hydrogens (tertiary/aromatic N) is 4. The van der Waals surface area contributed by atoms with E-state index in [9.17, 15) is 14.4 Å². The number of oxazole rings is 1. The van der Waals surface area contributed by atoms with Gasteiger partial charge < -0.3 is 14.6 Å². The standard InChI is InChI=1S/C23H20BrN5O4/c24-16-12-25-11-14-4-6-17(27-21(14)16)22(31)26-15-5-7-19-18(10-15)29(23(32)33-19)13-20(30)28-8-2-1-3-9-28/h4-7,10-12H,1-3,8-9,13H2,(H,26,31). The van der Waals surface area contributed by atoms with Gasteiger partial charge >= 0.3 is 5.76 Å². The maximum Gasteiger partial charge on any atom is 0.420 e. The number of pyridine rings is 2. The van der Waals surface area contributed by atoms with Crippen molar-refractivity contribution in [1.82, 2.24) is 19.4 Å². The Morgan fingerprint density at radius 3 is 2.73 bits per heavy atom. The number of hydrogen-bond donors (Lipinski definition) is 1. The van der Waals surface area contributed by atoms with Crippen LogP contribution in [-0.2, 0) is 11.3 Å². The second kappa shape index (κ2) is 8.78. The Labute approximate surface area is 196 Å². The highest BCUT2D eigenvalue weighted by atomic mass is 79.9. The van der Waals surface area contributed by atoms with Crippen LogP contribution in [0.5, 0.6) is 0 Å². The molecule has 0 aliphatic carbocycles. The van der Waals surface area contributed by atoms with Crippen LogP contribution >= 0.6 is 15.9 Å². The van der Waals surface area contributed by atoms with Crippen molar-refractivity contribution in [2.45, 2.75) is 25.8 Å². The van der Waals surface area contributed by atoms with Crippen LogP contribution < -0.4 is 11.1 Å². The zero-order chi connectivity index (χ0) is 22.9. The molecule has 0 unspecified atom stereocenters. The fourth-order valence-electron chi connectivity index (χ4n) is 4.00. The third-order valence-electron chi connectivity index (χ3n) is 5.71. The normalized spacial score (nSPS) is 14.0. The number of rotatable bonds is 4. The molecule has 1 N–H and O–H groups in total. The van der Waals surface area contributed by atoms with Gasteiger partial charge in [0.2, 0.25) is 5.91 Å². The van der Waals surface area contributed by atoms with Crippen LogP contribution in [0.1, 0.15) is 29.8 Å². The molecular formula is C23H20BrN5O4. The van der Waals surface area contributed by atoms with Gasteiger partial charge in [-0.3, -0.25) is 19.1 Å². The summed E-state index contributed by atoms with van der Waals surface area (Å²) in [5.41, 5.74) is 2.13. The quantitative estimate of drug-likeness (QED) is 0.450. The lowest BCUT2D eigenvalue weighted by atomic mass is 10.1. The number of anilines is 1. The van der Waals surface area contributed by atoms with Crippen LogP contribution in [0.25, 0.3) is 22.0 Å². The SMILES string of the molecule is O=C(Nc1ccc2oc(=O)n(CC(=O)N3CCCCC3)c2c1)c1ccc2cncc(Br)c2n1.